The van der Waals surface area contributed by atoms with E-state index < -0.39 is 0 Å². The van der Waals surface area contributed by atoms with E-state index in [1.807, 2.05) is 18.3 Å². The van der Waals surface area contributed by atoms with Crippen LogP contribution in [0.3, 0.4) is 0 Å². The molecule has 1 atom stereocenters. The van der Waals surface area contributed by atoms with Crippen LogP contribution in [0.5, 0.6) is 0 Å². The highest BCUT2D eigenvalue weighted by Crippen LogP contribution is 2.27. The molecule has 15 heavy (non-hydrogen) atoms. The summed E-state index contributed by atoms with van der Waals surface area (Å²) in [6.07, 6.45) is 4.19. The predicted molar refractivity (Wildman–Crippen MR) is 60.7 cm³/mol. The Labute approximate surface area is 94.1 Å². The van der Waals surface area contributed by atoms with E-state index in [2.05, 4.69) is 16.4 Å². The van der Waals surface area contributed by atoms with E-state index in [1.54, 1.807) is 0 Å². The quantitative estimate of drug-likeness (QED) is 0.846. The molecule has 0 saturated heterocycles. The summed E-state index contributed by atoms with van der Waals surface area (Å²) in [5.74, 6) is 0. The fourth-order valence-corrected chi connectivity index (χ4v) is 2.90. The fraction of sp³-hybridized carbons (Fsp3) is 0.636. The molecule has 4 heteroatoms. The summed E-state index contributed by atoms with van der Waals surface area (Å²) >= 11 is 1.83. The Kier molecular flexibility index (Phi) is 3.34. The van der Waals surface area contributed by atoms with Gasteiger partial charge in [-0.1, -0.05) is 0 Å². The molecule has 0 aliphatic heterocycles. The van der Waals surface area contributed by atoms with Crippen molar-refractivity contribution in [3.63, 3.8) is 0 Å². The van der Waals surface area contributed by atoms with E-state index in [0.717, 1.165) is 13.0 Å². The van der Waals surface area contributed by atoms with Crippen LogP contribution in [0.1, 0.15) is 35.3 Å². The molecule has 1 aliphatic carbocycles. The number of thiazole rings is 1. The van der Waals surface area contributed by atoms with Gasteiger partial charge in [0.2, 0.25) is 0 Å². The van der Waals surface area contributed by atoms with Gasteiger partial charge in [0.25, 0.3) is 0 Å². The van der Waals surface area contributed by atoms with Gasteiger partial charge in [-0.15, -0.1) is 11.3 Å². The first kappa shape index (κ1) is 10.6. The first-order valence-corrected chi connectivity index (χ1v) is 6.19. The lowest BCUT2D eigenvalue weighted by Gasteiger charge is -2.07. The van der Waals surface area contributed by atoms with Crippen LogP contribution in [-0.4, -0.2) is 11.0 Å². The highest BCUT2D eigenvalue weighted by Gasteiger charge is 2.16. The molecular weight excluding hydrogens is 206 g/mol. The van der Waals surface area contributed by atoms with Gasteiger partial charge >= 0.3 is 0 Å². The number of hydrogen-bond donors (Lipinski definition) is 1. The van der Waals surface area contributed by atoms with E-state index in [4.69, 9.17) is 5.26 Å². The highest BCUT2D eigenvalue weighted by atomic mass is 32.1. The van der Waals surface area contributed by atoms with Crippen LogP contribution in [0.2, 0.25) is 0 Å². The number of nitrogens with zero attached hydrogens (tertiary/aromatic N) is 2. The molecule has 1 unspecified atom stereocenters. The number of aromatic nitrogens is 1. The molecule has 1 N–H and O–H groups in total. The van der Waals surface area contributed by atoms with E-state index >= 15 is 0 Å². The van der Waals surface area contributed by atoms with Crippen molar-refractivity contribution in [2.45, 2.75) is 45.2 Å². The summed E-state index contributed by atoms with van der Waals surface area (Å²) < 4.78 is 0. The van der Waals surface area contributed by atoms with Crippen molar-refractivity contribution < 1.29 is 0 Å². The Morgan fingerprint density at radius 1 is 1.60 bits per heavy atom. The topological polar surface area (TPSA) is 48.7 Å². The number of rotatable bonds is 4. The second-order valence-corrected chi connectivity index (χ2v) is 5.14. The van der Waals surface area contributed by atoms with Crippen LogP contribution in [0.25, 0.3) is 0 Å². The Morgan fingerprint density at radius 3 is 3.20 bits per heavy atom. The standard InChI is InChI=1S/C11H15N3S/c1-8(5-6-12)13-7-11-14-9-3-2-4-10(9)15-11/h8,13H,2-5,7H2,1H3. The second kappa shape index (κ2) is 4.73. The summed E-state index contributed by atoms with van der Waals surface area (Å²) in [5, 5.41) is 13.0. The summed E-state index contributed by atoms with van der Waals surface area (Å²) in [4.78, 5) is 6.07. The van der Waals surface area contributed by atoms with E-state index in [9.17, 15) is 0 Å². The van der Waals surface area contributed by atoms with Gasteiger partial charge in [-0.3, -0.25) is 0 Å². The first-order valence-electron chi connectivity index (χ1n) is 5.37. The average Bonchev–Trinajstić information content (AvgIpc) is 2.74. The molecule has 1 aliphatic rings. The highest BCUT2D eigenvalue weighted by molar-refractivity contribution is 7.11. The van der Waals surface area contributed by atoms with Gasteiger partial charge in [0.05, 0.1) is 18.2 Å². The molecule has 80 valence electrons. The lowest BCUT2D eigenvalue weighted by molar-refractivity contribution is 0.555. The fourth-order valence-electron chi connectivity index (χ4n) is 1.79. The van der Waals surface area contributed by atoms with Crippen molar-refractivity contribution in [1.82, 2.24) is 10.3 Å². The van der Waals surface area contributed by atoms with Crippen LogP contribution in [0, 0.1) is 11.3 Å². The van der Waals surface area contributed by atoms with Crippen molar-refractivity contribution in [3.8, 4) is 6.07 Å². The monoisotopic (exact) mass is 221 g/mol. The molecular formula is C11H15N3S. The number of fused-ring (bicyclic) bond motifs is 1. The van der Waals surface area contributed by atoms with Gasteiger partial charge in [-0.05, 0) is 26.2 Å². The zero-order chi connectivity index (χ0) is 10.7. The van der Waals surface area contributed by atoms with E-state index in [0.29, 0.717) is 6.42 Å². The predicted octanol–water partition coefficient (Wildman–Crippen LogP) is 2.02. The molecule has 3 nitrogen and oxygen atoms in total. The zero-order valence-electron chi connectivity index (χ0n) is 8.92. The summed E-state index contributed by atoms with van der Waals surface area (Å²) in [5.41, 5.74) is 1.31. The van der Waals surface area contributed by atoms with Crippen LogP contribution in [0.15, 0.2) is 0 Å². The van der Waals surface area contributed by atoms with Gasteiger partial charge in [0.1, 0.15) is 5.01 Å². The van der Waals surface area contributed by atoms with Crippen molar-refractivity contribution in [1.29, 1.82) is 5.26 Å². The van der Waals surface area contributed by atoms with Crippen molar-refractivity contribution in [2.75, 3.05) is 0 Å². The third kappa shape index (κ3) is 2.55. The normalized spacial score (nSPS) is 16.0. The van der Waals surface area contributed by atoms with E-state index in [1.165, 1.54) is 28.4 Å². The van der Waals surface area contributed by atoms with E-state index in [-0.39, 0.29) is 6.04 Å². The molecule has 1 aromatic heterocycles. The Morgan fingerprint density at radius 2 is 2.47 bits per heavy atom. The summed E-state index contributed by atoms with van der Waals surface area (Å²) in [6, 6.07) is 2.42. The maximum Gasteiger partial charge on any atom is 0.107 e. The average molecular weight is 221 g/mol. The van der Waals surface area contributed by atoms with Crippen molar-refractivity contribution in [3.05, 3.63) is 15.6 Å². The number of aryl methyl sites for hydroxylation is 2. The lowest BCUT2D eigenvalue weighted by Crippen LogP contribution is -2.24. The summed E-state index contributed by atoms with van der Waals surface area (Å²) in [7, 11) is 0. The van der Waals surface area contributed by atoms with Gasteiger partial charge < -0.3 is 5.32 Å². The smallest absolute Gasteiger partial charge is 0.107 e. The van der Waals surface area contributed by atoms with Crippen LogP contribution in [-0.2, 0) is 19.4 Å². The molecule has 0 amide bonds. The second-order valence-electron chi connectivity index (χ2n) is 3.98. The summed E-state index contributed by atoms with van der Waals surface area (Å²) in [6.45, 7) is 2.84. The van der Waals surface area contributed by atoms with Crippen LogP contribution >= 0.6 is 11.3 Å². The molecule has 0 fully saturated rings. The molecule has 0 radical (unpaired) electrons. The van der Waals surface area contributed by atoms with Crippen LogP contribution < -0.4 is 5.32 Å². The minimum absolute atomic E-state index is 0.258. The molecule has 0 spiro atoms. The largest absolute Gasteiger partial charge is 0.307 e. The Bertz CT molecular complexity index is 356. The molecule has 0 bridgehead atoms. The number of hydrogen-bond acceptors (Lipinski definition) is 4. The minimum Gasteiger partial charge on any atom is -0.307 e. The third-order valence-corrected chi connectivity index (χ3v) is 3.80. The molecule has 2 rings (SSSR count). The SMILES string of the molecule is CC(CC#N)NCc1nc2c(s1)CCC2. The maximum atomic E-state index is 8.53. The van der Waals surface area contributed by atoms with Crippen molar-refractivity contribution in [2.24, 2.45) is 0 Å². The minimum atomic E-state index is 0.258. The third-order valence-electron chi connectivity index (χ3n) is 2.64. The maximum absolute atomic E-state index is 8.53. The molecule has 1 aromatic rings. The molecule has 1 heterocycles. The number of nitrogens with one attached hydrogen (secondary N) is 1. The van der Waals surface area contributed by atoms with Crippen LogP contribution in [0.4, 0.5) is 0 Å². The molecule has 0 aromatic carbocycles. The lowest BCUT2D eigenvalue weighted by atomic mass is 10.2. The van der Waals surface area contributed by atoms with Crippen molar-refractivity contribution >= 4 is 11.3 Å². The Hall–Kier alpha value is -0.920. The van der Waals surface area contributed by atoms with Gasteiger partial charge in [-0.2, -0.15) is 5.26 Å². The number of nitriles is 1. The van der Waals surface area contributed by atoms with Gasteiger partial charge in [0, 0.05) is 17.5 Å². The Balaban J connectivity index is 1.87. The zero-order valence-corrected chi connectivity index (χ0v) is 9.73. The molecule has 0 saturated carbocycles. The first-order chi connectivity index (χ1) is 7.29. The van der Waals surface area contributed by atoms with Gasteiger partial charge in [0.15, 0.2) is 0 Å². The van der Waals surface area contributed by atoms with Gasteiger partial charge in [-0.25, -0.2) is 4.98 Å².